The number of anilines is 2. The monoisotopic (exact) mass is 339 g/mol. The summed E-state index contributed by atoms with van der Waals surface area (Å²) >= 11 is 0. The van der Waals surface area contributed by atoms with Crippen LogP contribution in [0.5, 0.6) is 0 Å². The van der Waals surface area contributed by atoms with E-state index >= 15 is 0 Å². The lowest BCUT2D eigenvalue weighted by Crippen LogP contribution is -2.51. The maximum Gasteiger partial charge on any atom is 0.131 e. The van der Waals surface area contributed by atoms with Crippen LogP contribution in [0.15, 0.2) is 36.7 Å². The van der Waals surface area contributed by atoms with E-state index < -0.39 is 0 Å². The van der Waals surface area contributed by atoms with E-state index in [0.717, 1.165) is 43.5 Å². The first-order valence-electron chi connectivity index (χ1n) is 9.01. The van der Waals surface area contributed by atoms with Crippen molar-refractivity contribution in [1.29, 1.82) is 0 Å². The van der Waals surface area contributed by atoms with Crippen LogP contribution < -0.4 is 11.1 Å². The van der Waals surface area contributed by atoms with Gasteiger partial charge in [0.05, 0.1) is 19.3 Å². The third-order valence-corrected chi connectivity index (χ3v) is 5.24. The van der Waals surface area contributed by atoms with Crippen molar-refractivity contribution in [2.45, 2.75) is 31.3 Å². The van der Waals surface area contributed by atoms with Gasteiger partial charge in [0.25, 0.3) is 0 Å². The first-order valence-corrected chi connectivity index (χ1v) is 9.01. The first-order chi connectivity index (χ1) is 12.3. The van der Waals surface area contributed by atoms with Gasteiger partial charge in [0, 0.05) is 18.9 Å². The molecular weight excluding hydrogens is 314 g/mol. The fourth-order valence-electron chi connectivity index (χ4n) is 3.60. The van der Waals surface area contributed by atoms with E-state index in [9.17, 15) is 0 Å². The van der Waals surface area contributed by atoms with Gasteiger partial charge >= 0.3 is 0 Å². The average Bonchev–Trinajstić information content (AvgIpc) is 2.61. The maximum absolute atomic E-state index is 5.70. The fourth-order valence-corrected chi connectivity index (χ4v) is 3.60. The summed E-state index contributed by atoms with van der Waals surface area (Å²) < 4.78 is 5.32. The molecule has 4 heterocycles. The van der Waals surface area contributed by atoms with E-state index in [2.05, 4.69) is 32.3 Å². The lowest BCUT2D eigenvalue weighted by atomic mass is 9.89. The van der Waals surface area contributed by atoms with Gasteiger partial charge < -0.3 is 15.8 Å². The molecule has 132 valence electrons. The van der Waals surface area contributed by atoms with Crippen LogP contribution in [-0.4, -0.2) is 47.2 Å². The minimum Gasteiger partial charge on any atom is -0.378 e. The molecule has 6 nitrogen and oxygen atoms in total. The van der Waals surface area contributed by atoms with Gasteiger partial charge in [-0.15, -0.1) is 0 Å². The number of hydrogen-bond donors (Lipinski definition) is 2. The summed E-state index contributed by atoms with van der Waals surface area (Å²) in [5.41, 5.74) is 8.11. The lowest BCUT2D eigenvalue weighted by Gasteiger charge is -2.41. The molecule has 0 bridgehead atoms. The predicted octanol–water partition coefficient (Wildman–Crippen LogP) is 2.26. The molecule has 0 spiro atoms. The summed E-state index contributed by atoms with van der Waals surface area (Å²) in [5, 5.41) is 3.30. The van der Waals surface area contributed by atoms with Gasteiger partial charge in [-0.05, 0) is 67.2 Å². The zero-order valence-electron chi connectivity index (χ0n) is 14.4. The highest BCUT2D eigenvalue weighted by atomic mass is 16.5. The summed E-state index contributed by atoms with van der Waals surface area (Å²) in [7, 11) is 0. The molecule has 6 heteroatoms. The fraction of sp³-hybridized carbons (Fsp3) is 0.474. The molecular formula is C19H25N5O. The maximum atomic E-state index is 5.70. The number of nitrogens with zero attached hydrogens (tertiary/aromatic N) is 3. The summed E-state index contributed by atoms with van der Waals surface area (Å²) in [6.45, 7) is 4.63. The smallest absolute Gasteiger partial charge is 0.131 e. The molecule has 2 aromatic rings. The lowest BCUT2D eigenvalue weighted by molar-refractivity contribution is -0.0712. The normalized spacial score (nSPS) is 19.6. The van der Waals surface area contributed by atoms with Crippen molar-refractivity contribution in [3.05, 3.63) is 47.8 Å². The van der Waals surface area contributed by atoms with Crippen LogP contribution in [0.2, 0.25) is 0 Å². The van der Waals surface area contributed by atoms with Gasteiger partial charge in [0.1, 0.15) is 11.6 Å². The summed E-state index contributed by atoms with van der Waals surface area (Å²) in [6.07, 6.45) is 6.05. The Balaban J connectivity index is 1.41. The third-order valence-electron chi connectivity index (χ3n) is 5.24. The number of hydrogen-bond acceptors (Lipinski definition) is 6. The Morgan fingerprint density at radius 1 is 1.08 bits per heavy atom. The van der Waals surface area contributed by atoms with E-state index in [4.69, 9.17) is 10.5 Å². The highest BCUT2D eigenvalue weighted by Crippen LogP contribution is 2.31. The Morgan fingerprint density at radius 2 is 1.80 bits per heavy atom. The van der Waals surface area contributed by atoms with Crippen LogP contribution in [0.25, 0.3) is 0 Å². The molecule has 0 saturated carbocycles. The second kappa shape index (κ2) is 7.47. The molecule has 0 radical (unpaired) electrons. The average molecular weight is 339 g/mol. The Kier molecular flexibility index (Phi) is 4.92. The molecule has 0 aromatic carbocycles. The Hall–Kier alpha value is -2.02. The van der Waals surface area contributed by atoms with Gasteiger partial charge in [0.15, 0.2) is 0 Å². The third kappa shape index (κ3) is 3.81. The van der Waals surface area contributed by atoms with Crippen LogP contribution in [0.1, 0.15) is 29.9 Å². The van der Waals surface area contributed by atoms with E-state index in [1.54, 1.807) is 6.20 Å². The number of ether oxygens (including phenoxy) is 1. The molecule has 0 aliphatic carbocycles. The van der Waals surface area contributed by atoms with Gasteiger partial charge in [-0.2, -0.15) is 0 Å². The van der Waals surface area contributed by atoms with E-state index in [-0.39, 0.29) is 0 Å². The molecule has 4 rings (SSSR count). The SMILES string of the molecule is NCc1ccnc(Nc2cc(C3CCN(C4COC4)CC3)ccn2)c1. The van der Waals surface area contributed by atoms with Gasteiger partial charge in [-0.25, -0.2) is 9.97 Å². The van der Waals surface area contributed by atoms with Crippen molar-refractivity contribution < 1.29 is 4.74 Å². The Labute approximate surface area is 148 Å². The second-order valence-electron chi connectivity index (χ2n) is 6.85. The van der Waals surface area contributed by atoms with Crippen molar-refractivity contribution >= 4 is 11.6 Å². The molecule has 2 aromatic heterocycles. The van der Waals surface area contributed by atoms with E-state index in [1.165, 1.54) is 18.4 Å². The molecule has 0 amide bonds. The Bertz CT molecular complexity index is 710. The van der Waals surface area contributed by atoms with Crippen molar-refractivity contribution in [1.82, 2.24) is 14.9 Å². The number of nitrogens with one attached hydrogen (secondary N) is 1. The number of likely N-dealkylation sites (tertiary alicyclic amines) is 1. The number of pyridine rings is 2. The molecule has 3 N–H and O–H groups in total. The van der Waals surface area contributed by atoms with E-state index in [1.807, 2.05) is 18.3 Å². The molecule has 2 fully saturated rings. The van der Waals surface area contributed by atoms with Crippen LogP contribution in [0.4, 0.5) is 11.6 Å². The quantitative estimate of drug-likeness (QED) is 0.870. The molecule has 0 unspecified atom stereocenters. The minimum absolute atomic E-state index is 0.509. The zero-order valence-corrected chi connectivity index (χ0v) is 14.4. The molecule has 0 atom stereocenters. The van der Waals surface area contributed by atoms with Gasteiger partial charge in [0.2, 0.25) is 0 Å². The van der Waals surface area contributed by atoms with Crippen molar-refractivity contribution in [3.63, 3.8) is 0 Å². The molecule has 2 saturated heterocycles. The highest BCUT2D eigenvalue weighted by Gasteiger charge is 2.30. The van der Waals surface area contributed by atoms with Crippen molar-refractivity contribution in [2.24, 2.45) is 5.73 Å². The highest BCUT2D eigenvalue weighted by molar-refractivity contribution is 5.53. The van der Waals surface area contributed by atoms with E-state index in [0.29, 0.717) is 18.5 Å². The predicted molar refractivity (Wildman–Crippen MR) is 97.8 cm³/mol. The minimum atomic E-state index is 0.509. The summed E-state index contributed by atoms with van der Waals surface area (Å²) in [6, 6.07) is 8.84. The van der Waals surface area contributed by atoms with Crippen LogP contribution >= 0.6 is 0 Å². The Morgan fingerprint density at radius 3 is 2.48 bits per heavy atom. The van der Waals surface area contributed by atoms with Gasteiger partial charge in [-0.3, -0.25) is 4.90 Å². The van der Waals surface area contributed by atoms with Crippen LogP contribution in [0, 0.1) is 0 Å². The van der Waals surface area contributed by atoms with Crippen molar-refractivity contribution in [2.75, 3.05) is 31.6 Å². The molecule has 2 aliphatic rings. The summed E-state index contributed by atoms with van der Waals surface area (Å²) in [5.74, 6) is 2.23. The first kappa shape index (κ1) is 16.4. The van der Waals surface area contributed by atoms with Crippen molar-refractivity contribution in [3.8, 4) is 0 Å². The largest absolute Gasteiger partial charge is 0.378 e. The van der Waals surface area contributed by atoms with Gasteiger partial charge in [-0.1, -0.05) is 0 Å². The molecule has 25 heavy (non-hydrogen) atoms. The number of piperidine rings is 1. The van der Waals surface area contributed by atoms with Crippen LogP contribution in [-0.2, 0) is 11.3 Å². The number of nitrogens with two attached hydrogens (primary N) is 1. The molecule has 2 aliphatic heterocycles. The summed E-state index contributed by atoms with van der Waals surface area (Å²) in [4.78, 5) is 11.4. The zero-order chi connectivity index (χ0) is 17.1. The second-order valence-corrected chi connectivity index (χ2v) is 6.85. The number of aromatic nitrogens is 2. The number of rotatable bonds is 5. The topological polar surface area (TPSA) is 76.3 Å². The van der Waals surface area contributed by atoms with Crippen LogP contribution in [0.3, 0.4) is 0 Å². The standard InChI is InChI=1S/C19H25N5O/c20-11-14-1-5-21-18(9-14)23-19-10-16(2-6-22-19)15-3-7-24(8-4-15)17-12-25-13-17/h1-2,5-6,9-10,15,17H,3-4,7-8,11-13,20H2,(H,21,22,23).